The molecule has 0 fully saturated rings. The molecule has 6 heteroatoms. The van der Waals surface area contributed by atoms with Crippen molar-refractivity contribution in [3.8, 4) is 5.75 Å². The monoisotopic (exact) mass is 347 g/mol. The summed E-state index contributed by atoms with van der Waals surface area (Å²) in [5, 5.41) is 3.42. The quantitative estimate of drug-likeness (QED) is 0.771. The zero-order chi connectivity index (χ0) is 16.4. The molecular weight excluding hydrogens is 326 g/mol. The molecule has 0 bridgehead atoms. The molecule has 0 spiro atoms. The summed E-state index contributed by atoms with van der Waals surface area (Å²) in [6.07, 6.45) is 0. The number of nitrogens with zero attached hydrogens (tertiary/aromatic N) is 2. The van der Waals surface area contributed by atoms with Crippen LogP contribution in [-0.2, 0) is 27.2 Å². The highest BCUT2D eigenvalue weighted by Crippen LogP contribution is 2.17. The highest BCUT2D eigenvalue weighted by molar-refractivity contribution is 5.85. The third-order valence-electron chi connectivity index (χ3n) is 4.17. The first-order valence-electron chi connectivity index (χ1n) is 7.58. The molecule has 0 saturated carbocycles. The van der Waals surface area contributed by atoms with Crippen LogP contribution in [0, 0.1) is 0 Å². The van der Waals surface area contributed by atoms with Gasteiger partial charge in [0.05, 0.1) is 18.1 Å². The second kappa shape index (κ2) is 7.55. The van der Waals surface area contributed by atoms with E-state index in [1.54, 1.807) is 30.3 Å². The predicted molar refractivity (Wildman–Crippen MR) is 98.9 cm³/mol. The number of hydrogen-bond acceptors (Lipinski definition) is 3. The van der Waals surface area contributed by atoms with Crippen molar-refractivity contribution in [2.45, 2.75) is 13.1 Å². The van der Waals surface area contributed by atoms with Crippen molar-refractivity contribution in [1.29, 1.82) is 0 Å². The normalized spacial score (nSPS) is 10.6. The number of ether oxygens (including phenoxy) is 1. The molecule has 1 aromatic heterocycles. The van der Waals surface area contributed by atoms with E-state index in [-0.39, 0.29) is 18.1 Å². The Morgan fingerprint density at radius 3 is 2.46 bits per heavy atom. The SMILES string of the molecule is COc1ccccc1CNCc1ccc2c(c1)n(C)c(=O)n2C.Cl. The summed E-state index contributed by atoms with van der Waals surface area (Å²) >= 11 is 0. The van der Waals surface area contributed by atoms with Gasteiger partial charge in [-0.3, -0.25) is 9.13 Å². The molecule has 0 radical (unpaired) electrons. The van der Waals surface area contributed by atoms with Crippen molar-refractivity contribution in [2.75, 3.05) is 7.11 Å². The largest absolute Gasteiger partial charge is 0.496 e. The van der Waals surface area contributed by atoms with Gasteiger partial charge < -0.3 is 10.1 Å². The van der Waals surface area contributed by atoms with E-state index in [0.29, 0.717) is 0 Å². The lowest BCUT2D eigenvalue weighted by molar-refractivity contribution is 0.407. The standard InChI is InChI=1S/C18H21N3O2.ClH/c1-20-15-9-8-13(10-16(15)21(2)18(20)22)11-19-12-14-6-4-5-7-17(14)23-3;/h4-10,19H,11-12H2,1-3H3;1H. The predicted octanol–water partition coefficient (Wildman–Crippen LogP) is 2.60. The lowest BCUT2D eigenvalue weighted by atomic mass is 10.1. The Bertz CT molecular complexity index is 899. The van der Waals surface area contributed by atoms with Crippen molar-refractivity contribution in [2.24, 2.45) is 14.1 Å². The fraction of sp³-hybridized carbons (Fsp3) is 0.278. The summed E-state index contributed by atoms with van der Waals surface area (Å²) in [4.78, 5) is 12.0. The van der Waals surface area contributed by atoms with E-state index in [9.17, 15) is 4.79 Å². The minimum atomic E-state index is -0.000805. The summed E-state index contributed by atoms with van der Waals surface area (Å²) in [5.74, 6) is 0.890. The van der Waals surface area contributed by atoms with Gasteiger partial charge in [0.25, 0.3) is 0 Å². The Labute approximate surface area is 147 Å². The maximum Gasteiger partial charge on any atom is 0.328 e. The number of para-hydroxylation sites is 1. The zero-order valence-electron chi connectivity index (χ0n) is 14.1. The summed E-state index contributed by atoms with van der Waals surface area (Å²) < 4.78 is 8.70. The van der Waals surface area contributed by atoms with E-state index in [0.717, 1.165) is 41.0 Å². The topological polar surface area (TPSA) is 48.2 Å². The van der Waals surface area contributed by atoms with E-state index in [1.165, 1.54) is 0 Å². The number of rotatable bonds is 5. The van der Waals surface area contributed by atoms with Gasteiger partial charge >= 0.3 is 5.69 Å². The van der Waals surface area contributed by atoms with Crippen LogP contribution in [0.15, 0.2) is 47.3 Å². The molecule has 1 N–H and O–H groups in total. The zero-order valence-corrected chi connectivity index (χ0v) is 14.9. The minimum Gasteiger partial charge on any atom is -0.496 e. The van der Waals surface area contributed by atoms with Gasteiger partial charge in [-0.15, -0.1) is 12.4 Å². The van der Waals surface area contributed by atoms with Crippen molar-refractivity contribution < 1.29 is 4.74 Å². The third kappa shape index (κ3) is 3.32. The van der Waals surface area contributed by atoms with E-state index in [1.807, 2.05) is 24.3 Å². The number of aromatic nitrogens is 2. The van der Waals surface area contributed by atoms with Crippen LogP contribution in [0.5, 0.6) is 5.75 Å². The van der Waals surface area contributed by atoms with Crippen molar-refractivity contribution in [3.63, 3.8) is 0 Å². The smallest absolute Gasteiger partial charge is 0.328 e. The maximum absolute atomic E-state index is 12.0. The molecule has 3 aromatic rings. The van der Waals surface area contributed by atoms with Crippen LogP contribution in [-0.4, -0.2) is 16.2 Å². The fourth-order valence-corrected chi connectivity index (χ4v) is 2.85. The van der Waals surface area contributed by atoms with Gasteiger partial charge in [-0.1, -0.05) is 24.3 Å². The lowest BCUT2D eigenvalue weighted by Gasteiger charge is -2.09. The molecule has 24 heavy (non-hydrogen) atoms. The number of aryl methyl sites for hydroxylation is 2. The third-order valence-corrected chi connectivity index (χ3v) is 4.17. The minimum absolute atomic E-state index is 0. The Kier molecular flexibility index (Phi) is 5.70. The van der Waals surface area contributed by atoms with E-state index < -0.39 is 0 Å². The average Bonchev–Trinajstić information content (AvgIpc) is 2.80. The molecule has 5 nitrogen and oxygen atoms in total. The van der Waals surface area contributed by atoms with Gasteiger partial charge in [0, 0.05) is 32.7 Å². The lowest BCUT2D eigenvalue weighted by Crippen LogP contribution is -2.19. The van der Waals surface area contributed by atoms with Crippen LogP contribution in [0.25, 0.3) is 11.0 Å². The Hall–Kier alpha value is -2.24. The Morgan fingerprint density at radius 1 is 1.00 bits per heavy atom. The Balaban J connectivity index is 0.00000208. The molecule has 0 aliphatic rings. The number of fused-ring (bicyclic) bond motifs is 1. The number of halogens is 1. The first-order chi connectivity index (χ1) is 11.1. The number of hydrogen-bond donors (Lipinski definition) is 1. The van der Waals surface area contributed by atoms with E-state index in [2.05, 4.69) is 23.5 Å². The molecule has 0 unspecified atom stereocenters. The second-order valence-corrected chi connectivity index (χ2v) is 5.64. The highest BCUT2D eigenvalue weighted by atomic mass is 35.5. The van der Waals surface area contributed by atoms with Crippen molar-refractivity contribution in [3.05, 3.63) is 64.1 Å². The number of benzene rings is 2. The molecule has 0 saturated heterocycles. The molecule has 0 amide bonds. The first kappa shape index (κ1) is 18.1. The van der Waals surface area contributed by atoms with Gasteiger partial charge in [-0.25, -0.2) is 4.79 Å². The highest BCUT2D eigenvalue weighted by Gasteiger charge is 2.08. The summed E-state index contributed by atoms with van der Waals surface area (Å²) in [7, 11) is 5.28. The molecule has 2 aromatic carbocycles. The molecule has 128 valence electrons. The number of imidazole rings is 1. The summed E-state index contributed by atoms with van der Waals surface area (Å²) in [6, 6.07) is 14.1. The van der Waals surface area contributed by atoms with Gasteiger partial charge in [0.1, 0.15) is 5.75 Å². The molecule has 3 rings (SSSR count). The van der Waals surface area contributed by atoms with Crippen LogP contribution in [0.3, 0.4) is 0 Å². The van der Waals surface area contributed by atoms with Gasteiger partial charge in [0.15, 0.2) is 0 Å². The maximum atomic E-state index is 12.0. The van der Waals surface area contributed by atoms with Gasteiger partial charge in [-0.2, -0.15) is 0 Å². The van der Waals surface area contributed by atoms with Gasteiger partial charge in [0.2, 0.25) is 0 Å². The van der Waals surface area contributed by atoms with Crippen LogP contribution in [0.1, 0.15) is 11.1 Å². The van der Waals surface area contributed by atoms with Crippen LogP contribution >= 0.6 is 12.4 Å². The second-order valence-electron chi connectivity index (χ2n) is 5.64. The molecule has 0 aliphatic heterocycles. The molecule has 0 atom stereocenters. The molecular formula is C18H22ClN3O2. The number of methoxy groups -OCH3 is 1. The summed E-state index contributed by atoms with van der Waals surface area (Å²) in [6.45, 7) is 1.47. The average molecular weight is 348 g/mol. The number of nitrogens with one attached hydrogen (secondary N) is 1. The van der Waals surface area contributed by atoms with E-state index >= 15 is 0 Å². The van der Waals surface area contributed by atoms with Crippen molar-refractivity contribution >= 4 is 23.4 Å². The van der Waals surface area contributed by atoms with Crippen molar-refractivity contribution in [1.82, 2.24) is 14.5 Å². The van der Waals surface area contributed by atoms with E-state index in [4.69, 9.17) is 4.74 Å². The van der Waals surface area contributed by atoms with Crippen LogP contribution in [0.4, 0.5) is 0 Å². The van der Waals surface area contributed by atoms with Gasteiger partial charge in [-0.05, 0) is 23.8 Å². The van der Waals surface area contributed by atoms with Crippen LogP contribution < -0.4 is 15.7 Å². The fourth-order valence-electron chi connectivity index (χ4n) is 2.85. The molecule has 1 heterocycles. The van der Waals surface area contributed by atoms with Crippen LogP contribution in [0.2, 0.25) is 0 Å². The first-order valence-corrected chi connectivity index (χ1v) is 7.58. The molecule has 0 aliphatic carbocycles. The Morgan fingerprint density at radius 2 is 1.71 bits per heavy atom. The summed E-state index contributed by atoms with van der Waals surface area (Å²) in [5.41, 5.74) is 4.18.